The summed E-state index contributed by atoms with van der Waals surface area (Å²) in [6.07, 6.45) is 0. The molecule has 0 radical (unpaired) electrons. The summed E-state index contributed by atoms with van der Waals surface area (Å²) in [5, 5.41) is 0.870. The maximum atomic E-state index is 6.08. The van der Waals surface area contributed by atoms with E-state index in [1.54, 1.807) is 25.3 Å². The molecule has 0 aliphatic heterocycles. The second-order valence-corrected chi connectivity index (χ2v) is 4.98. The minimum absolute atomic E-state index is 0.330. The van der Waals surface area contributed by atoms with Gasteiger partial charge in [0, 0.05) is 12.1 Å². The molecule has 0 fully saturated rings. The minimum atomic E-state index is 0.330. The third-order valence-electron chi connectivity index (χ3n) is 2.88. The lowest BCUT2D eigenvalue weighted by Gasteiger charge is -2.13. The Morgan fingerprint density at radius 3 is 2.60 bits per heavy atom. The standard InChI is InChI=1S/C15H15Cl2NO2/c1-19-13-6-5-10(8-18)7-11(13)9-20-14-4-2-3-12(16)15(14)17/h2-7H,8-9,18H2,1H3. The molecular weight excluding hydrogens is 297 g/mol. The smallest absolute Gasteiger partial charge is 0.139 e. The van der Waals surface area contributed by atoms with Crippen LogP contribution in [0.3, 0.4) is 0 Å². The Morgan fingerprint density at radius 1 is 1.10 bits per heavy atom. The summed E-state index contributed by atoms with van der Waals surface area (Å²) in [6, 6.07) is 11.0. The molecule has 0 amide bonds. The average Bonchev–Trinajstić information content (AvgIpc) is 2.48. The average molecular weight is 312 g/mol. The largest absolute Gasteiger partial charge is 0.496 e. The number of halogens is 2. The van der Waals surface area contributed by atoms with Gasteiger partial charge < -0.3 is 15.2 Å². The molecule has 0 spiro atoms. The van der Waals surface area contributed by atoms with Gasteiger partial charge in [-0.1, -0.05) is 35.3 Å². The molecule has 0 saturated heterocycles. The molecule has 20 heavy (non-hydrogen) atoms. The Kier molecular flexibility index (Phi) is 5.12. The van der Waals surface area contributed by atoms with E-state index >= 15 is 0 Å². The van der Waals surface area contributed by atoms with Gasteiger partial charge in [-0.05, 0) is 29.8 Å². The van der Waals surface area contributed by atoms with Gasteiger partial charge in [0.25, 0.3) is 0 Å². The zero-order chi connectivity index (χ0) is 14.5. The molecule has 2 N–H and O–H groups in total. The van der Waals surface area contributed by atoms with Crippen LogP contribution in [0.2, 0.25) is 10.0 Å². The SMILES string of the molecule is COc1ccc(CN)cc1COc1cccc(Cl)c1Cl. The fourth-order valence-electron chi connectivity index (χ4n) is 1.82. The number of ether oxygens (including phenoxy) is 2. The number of rotatable bonds is 5. The lowest BCUT2D eigenvalue weighted by molar-refractivity contribution is 0.296. The second kappa shape index (κ2) is 6.84. The van der Waals surface area contributed by atoms with Crippen LogP contribution in [0.25, 0.3) is 0 Å². The van der Waals surface area contributed by atoms with Gasteiger partial charge in [-0.2, -0.15) is 0 Å². The predicted molar refractivity (Wildman–Crippen MR) is 81.7 cm³/mol. The summed E-state index contributed by atoms with van der Waals surface area (Å²) in [6.45, 7) is 0.798. The Hall–Kier alpha value is -1.42. The predicted octanol–water partition coefficient (Wildman–Crippen LogP) is 4.04. The maximum absolute atomic E-state index is 6.08. The molecule has 0 aromatic heterocycles. The van der Waals surface area contributed by atoms with Crippen molar-refractivity contribution in [3.05, 3.63) is 57.6 Å². The molecule has 0 aliphatic rings. The van der Waals surface area contributed by atoms with Crippen molar-refractivity contribution < 1.29 is 9.47 Å². The zero-order valence-corrected chi connectivity index (χ0v) is 12.5. The molecule has 106 valence electrons. The highest BCUT2D eigenvalue weighted by Gasteiger charge is 2.08. The first-order valence-corrected chi connectivity index (χ1v) is 6.84. The molecule has 0 heterocycles. The zero-order valence-electron chi connectivity index (χ0n) is 11.0. The molecule has 0 atom stereocenters. The van der Waals surface area contributed by atoms with Crippen LogP contribution in [0.4, 0.5) is 0 Å². The van der Waals surface area contributed by atoms with E-state index in [0.717, 1.165) is 16.9 Å². The molecule has 0 bridgehead atoms. The van der Waals surface area contributed by atoms with Crippen molar-refractivity contribution in [3.63, 3.8) is 0 Å². The molecule has 0 unspecified atom stereocenters. The van der Waals surface area contributed by atoms with Crippen molar-refractivity contribution in [1.82, 2.24) is 0 Å². The van der Waals surface area contributed by atoms with E-state index in [4.69, 9.17) is 38.4 Å². The van der Waals surface area contributed by atoms with Gasteiger partial charge >= 0.3 is 0 Å². The van der Waals surface area contributed by atoms with E-state index in [1.807, 2.05) is 18.2 Å². The van der Waals surface area contributed by atoms with Crippen LogP contribution in [-0.2, 0) is 13.2 Å². The summed E-state index contributed by atoms with van der Waals surface area (Å²) in [4.78, 5) is 0. The Bertz CT molecular complexity index is 602. The number of nitrogens with two attached hydrogens (primary N) is 1. The van der Waals surface area contributed by atoms with E-state index in [0.29, 0.717) is 28.9 Å². The van der Waals surface area contributed by atoms with Crippen molar-refractivity contribution in [1.29, 1.82) is 0 Å². The van der Waals surface area contributed by atoms with Gasteiger partial charge in [0.1, 0.15) is 23.1 Å². The Morgan fingerprint density at radius 2 is 1.90 bits per heavy atom. The second-order valence-electron chi connectivity index (χ2n) is 4.19. The molecule has 2 aromatic rings. The highest BCUT2D eigenvalue weighted by molar-refractivity contribution is 6.42. The van der Waals surface area contributed by atoms with Gasteiger partial charge in [-0.25, -0.2) is 0 Å². The summed E-state index contributed by atoms with van der Waals surface area (Å²) in [5.41, 5.74) is 7.57. The van der Waals surface area contributed by atoms with Crippen LogP contribution in [0.1, 0.15) is 11.1 Å². The van der Waals surface area contributed by atoms with Gasteiger partial charge in [0.15, 0.2) is 0 Å². The summed E-state index contributed by atoms with van der Waals surface area (Å²) < 4.78 is 11.0. The van der Waals surface area contributed by atoms with Crippen molar-refractivity contribution in [2.45, 2.75) is 13.2 Å². The van der Waals surface area contributed by atoms with Crippen LogP contribution < -0.4 is 15.2 Å². The van der Waals surface area contributed by atoms with E-state index in [9.17, 15) is 0 Å². The monoisotopic (exact) mass is 311 g/mol. The first-order valence-electron chi connectivity index (χ1n) is 6.08. The van der Waals surface area contributed by atoms with Gasteiger partial charge in [0.05, 0.1) is 12.1 Å². The van der Waals surface area contributed by atoms with Gasteiger partial charge in [0.2, 0.25) is 0 Å². The molecule has 2 rings (SSSR count). The molecule has 2 aromatic carbocycles. The van der Waals surface area contributed by atoms with Crippen LogP contribution in [0.5, 0.6) is 11.5 Å². The number of methoxy groups -OCH3 is 1. The number of hydrogen-bond acceptors (Lipinski definition) is 3. The quantitative estimate of drug-likeness (QED) is 0.906. The van der Waals surface area contributed by atoms with Crippen molar-refractivity contribution >= 4 is 23.2 Å². The van der Waals surface area contributed by atoms with Crippen molar-refractivity contribution in [3.8, 4) is 11.5 Å². The highest BCUT2D eigenvalue weighted by atomic mass is 35.5. The van der Waals surface area contributed by atoms with E-state index < -0.39 is 0 Å². The fraction of sp³-hybridized carbons (Fsp3) is 0.200. The highest BCUT2D eigenvalue weighted by Crippen LogP contribution is 2.32. The van der Waals surface area contributed by atoms with Crippen LogP contribution in [0, 0.1) is 0 Å². The molecular formula is C15H15Cl2NO2. The summed E-state index contributed by atoms with van der Waals surface area (Å²) in [7, 11) is 1.62. The normalized spacial score (nSPS) is 10.4. The molecule has 0 aliphatic carbocycles. The minimum Gasteiger partial charge on any atom is -0.496 e. The van der Waals surface area contributed by atoms with Crippen molar-refractivity contribution in [2.75, 3.05) is 7.11 Å². The first kappa shape index (κ1) is 15.0. The van der Waals surface area contributed by atoms with E-state index in [1.165, 1.54) is 0 Å². The van der Waals surface area contributed by atoms with Gasteiger partial charge in [-0.3, -0.25) is 0 Å². The Labute approximate surface area is 128 Å². The van der Waals surface area contributed by atoms with E-state index in [2.05, 4.69) is 0 Å². The van der Waals surface area contributed by atoms with Crippen LogP contribution in [0.15, 0.2) is 36.4 Å². The van der Waals surface area contributed by atoms with E-state index in [-0.39, 0.29) is 0 Å². The third-order valence-corrected chi connectivity index (χ3v) is 3.68. The van der Waals surface area contributed by atoms with Gasteiger partial charge in [-0.15, -0.1) is 0 Å². The fourth-order valence-corrected chi connectivity index (χ4v) is 2.17. The lowest BCUT2D eigenvalue weighted by Crippen LogP contribution is -2.02. The summed E-state index contributed by atoms with van der Waals surface area (Å²) in [5.74, 6) is 1.29. The molecule has 0 saturated carbocycles. The number of hydrogen-bond donors (Lipinski definition) is 1. The topological polar surface area (TPSA) is 44.5 Å². The van der Waals surface area contributed by atoms with Crippen molar-refractivity contribution in [2.24, 2.45) is 5.73 Å². The number of benzene rings is 2. The maximum Gasteiger partial charge on any atom is 0.139 e. The Balaban J connectivity index is 2.19. The first-order chi connectivity index (χ1) is 9.65. The lowest BCUT2D eigenvalue weighted by atomic mass is 10.1. The molecule has 3 nitrogen and oxygen atoms in total. The third kappa shape index (κ3) is 3.37. The molecule has 5 heteroatoms. The van der Waals surface area contributed by atoms with Crippen LogP contribution >= 0.6 is 23.2 Å². The summed E-state index contributed by atoms with van der Waals surface area (Å²) >= 11 is 12.0. The van der Waals surface area contributed by atoms with Crippen LogP contribution in [-0.4, -0.2) is 7.11 Å².